The van der Waals surface area contributed by atoms with Crippen molar-refractivity contribution in [2.75, 3.05) is 38.5 Å². The quantitative estimate of drug-likeness (QED) is 0.642. The van der Waals surface area contributed by atoms with Gasteiger partial charge in [-0.05, 0) is 43.2 Å². The summed E-state index contributed by atoms with van der Waals surface area (Å²) in [5, 5.41) is 12.2. The van der Waals surface area contributed by atoms with Crippen LogP contribution in [-0.2, 0) is 9.84 Å². The minimum atomic E-state index is -3.62. The van der Waals surface area contributed by atoms with Crippen molar-refractivity contribution >= 4 is 27.4 Å². The Morgan fingerprint density at radius 2 is 1.75 bits per heavy atom. The lowest BCUT2D eigenvalue weighted by Gasteiger charge is -2.35. The van der Waals surface area contributed by atoms with Gasteiger partial charge in [0.1, 0.15) is 11.5 Å². The molecule has 0 unspecified atom stereocenters. The van der Waals surface area contributed by atoms with Gasteiger partial charge in [-0.3, -0.25) is 4.79 Å². The van der Waals surface area contributed by atoms with Gasteiger partial charge in [-0.2, -0.15) is 0 Å². The lowest BCUT2D eigenvalue weighted by atomic mass is 10.0. The minimum absolute atomic E-state index is 0.0112. The summed E-state index contributed by atoms with van der Waals surface area (Å²) in [5.74, 6) is -0.444. The lowest BCUT2D eigenvalue weighted by Crippen LogP contribution is -2.45. The Bertz CT molecular complexity index is 1120. The molecule has 9 nitrogen and oxygen atoms in total. The van der Waals surface area contributed by atoms with Crippen LogP contribution in [0, 0.1) is 0 Å². The van der Waals surface area contributed by atoms with E-state index >= 15 is 0 Å². The second-order valence-electron chi connectivity index (χ2n) is 7.56. The van der Waals surface area contributed by atoms with Crippen LogP contribution in [0.1, 0.15) is 33.6 Å². The number of carboxylic acids is 1. The number of hydrogen-bond acceptors (Lipinski definition) is 7. The van der Waals surface area contributed by atoms with Gasteiger partial charge >= 0.3 is 5.97 Å². The second-order valence-corrected chi connectivity index (χ2v) is 9.54. The monoisotopic (exact) mass is 462 g/mol. The predicted molar refractivity (Wildman–Crippen MR) is 119 cm³/mol. The van der Waals surface area contributed by atoms with Gasteiger partial charge in [-0.1, -0.05) is 0 Å². The van der Waals surface area contributed by atoms with Gasteiger partial charge in [0.15, 0.2) is 9.84 Å². The van der Waals surface area contributed by atoms with Crippen molar-refractivity contribution in [2.45, 2.75) is 23.8 Å². The van der Waals surface area contributed by atoms with E-state index in [1.54, 1.807) is 18.2 Å². The Balaban J connectivity index is 1.71. The molecule has 1 heterocycles. The molecule has 172 valence electrons. The smallest absolute Gasteiger partial charge is 0.335 e. The fourth-order valence-corrected chi connectivity index (χ4v) is 4.64. The topological polar surface area (TPSA) is 122 Å². The molecule has 3 rings (SSSR count). The standard InChI is InChI=1S/C22H26N2O7S/c1-30-16-5-6-17(19(13-16)31-2)21(25)23-15-8-10-24(11-9-15)18-7-4-14(22(26)27)12-20(18)32(3,28)29/h4-7,12-13,15H,8-11H2,1-3H3,(H,23,25)(H,26,27). The molecule has 2 aromatic carbocycles. The Morgan fingerprint density at radius 3 is 2.31 bits per heavy atom. The number of methoxy groups -OCH3 is 2. The van der Waals surface area contributed by atoms with Crippen molar-refractivity contribution < 1.29 is 32.6 Å². The summed E-state index contributed by atoms with van der Waals surface area (Å²) in [4.78, 5) is 25.9. The number of carbonyl (C=O) groups excluding carboxylic acids is 1. The summed E-state index contributed by atoms with van der Waals surface area (Å²) in [6, 6.07) is 9.00. The third-order valence-electron chi connectivity index (χ3n) is 5.43. The summed E-state index contributed by atoms with van der Waals surface area (Å²) in [6.07, 6.45) is 2.27. The molecule has 1 amide bonds. The molecular formula is C22H26N2O7S. The average Bonchev–Trinajstić information content (AvgIpc) is 2.78. The first-order valence-electron chi connectivity index (χ1n) is 9.99. The van der Waals surface area contributed by atoms with Crippen LogP contribution < -0.4 is 19.7 Å². The van der Waals surface area contributed by atoms with Crippen LogP contribution >= 0.6 is 0 Å². The van der Waals surface area contributed by atoms with Crippen LogP contribution in [0.15, 0.2) is 41.3 Å². The van der Waals surface area contributed by atoms with Gasteiger partial charge in [0, 0.05) is 31.5 Å². The van der Waals surface area contributed by atoms with Gasteiger partial charge in [-0.15, -0.1) is 0 Å². The zero-order valence-corrected chi connectivity index (χ0v) is 18.9. The third-order valence-corrected chi connectivity index (χ3v) is 6.56. The zero-order chi connectivity index (χ0) is 23.5. The van der Waals surface area contributed by atoms with E-state index in [0.717, 1.165) is 6.26 Å². The van der Waals surface area contributed by atoms with E-state index in [4.69, 9.17) is 9.47 Å². The molecule has 1 saturated heterocycles. The zero-order valence-electron chi connectivity index (χ0n) is 18.1. The number of piperidine rings is 1. The molecule has 0 radical (unpaired) electrons. The van der Waals surface area contributed by atoms with Crippen LogP contribution in [0.5, 0.6) is 11.5 Å². The molecule has 1 aliphatic rings. The van der Waals surface area contributed by atoms with Gasteiger partial charge in [0.2, 0.25) is 0 Å². The fourth-order valence-electron chi connectivity index (χ4n) is 3.72. The Labute approximate surface area is 186 Å². The number of aromatic carboxylic acids is 1. The van der Waals surface area contributed by atoms with E-state index in [0.29, 0.717) is 48.7 Å². The molecular weight excluding hydrogens is 436 g/mol. The van der Waals surface area contributed by atoms with Crippen LogP contribution in [0.4, 0.5) is 5.69 Å². The first-order chi connectivity index (χ1) is 15.1. The summed E-state index contributed by atoms with van der Waals surface area (Å²) >= 11 is 0. The largest absolute Gasteiger partial charge is 0.497 e. The van der Waals surface area contributed by atoms with Crippen molar-refractivity contribution in [3.8, 4) is 11.5 Å². The molecule has 2 aromatic rings. The number of hydrogen-bond donors (Lipinski definition) is 2. The highest BCUT2D eigenvalue weighted by molar-refractivity contribution is 7.90. The summed E-state index contributed by atoms with van der Waals surface area (Å²) in [7, 11) is -0.600. The Morgan fingerprint density at radius 1 is 1.06 bits per heavy atom. The maximum absolute atomic E-state index is 12.8. The molecule has 0 saturated carbocycles. The van der Waals surface area contributed by atoms with Gasteiger partial charge < -0.3 is 24.8 Å². The Hall–Kier alpha value is -3.27. The number of nitrogens with one attached hydrogen (secondary N) is 1. The first-order valence-corrected chi connectivity index (χ1v) is 11.9. The number of amides is 1. The third kappa shape index (κ3) is 5.13. The number of ether oxygens (including phenoxy) is 2. The van der Waals surface area contributed by atoms with E-state index in [1.807, 2.05) is 4.90 Å². The fraction of sp³-hybridized carbons (Fsp3) is 0.364. The van der Waals surface area contributed by atoms with E-state index in [2.05, 4.69) is 5.32 Å². The summed E-state index contributed by atoms with van der Waals surface area (Å²) < 4.78 is 34.9. The summed E-state index contributed by atoms with van der Waals surface area (Å²) in [6.45, 7) is 1.03. The van der Waals surface area contributed by atoms with Crippen molar-refractivity contribution in [3.05, 3.63) is 47.5 Å². The molecule has 0 aromatic heterocycles. The maximum atomic E-state index is 12.8. The van der Waals surface area contributed by atoms with E-state index in [9.17, 15) is 23.1 Å². The summed E-state index contributed by atoms with van der Waals surface area (Å²) in [5.41, 5.74) is 0.795. The average molecular weight is 463 g/mol. The molecule has 2 N–H and O–H groups in total. The van der Waals surface area contributed by atoms with E-state index in [1.165, 1.54) is 32.4 Å². The molecule has 1 fully saturated rings. The molecule has 0 aliphatic carbocycles. The predicted octanol–water partition coefficient (Wildman–Crippen LogP) is 2.20. The maximum Gasteiger partial charge on any atom is 0.335 e. The number of anilines is 1. The van der Waals surface area contributed by atoms with Crippen molar-refractivity contribution in [3.63, 3.8) is 0 Å². The highest BCUT2D eigenvalue weighted by atomic mass is 32.2. The van der Waals surface area contributed by atoms with Crippen molar-refractivity contribution in [1.29, 1.82) is 0 Å². The van der Waals surface area contributed by atoms with E-state index < -0.39 is 15.8 Å². The molecule has 10 heteroatoms. The van der Waals surface area contributed by atoms with Crippen LogP contribution in [0.25, 0.3) is 0 Å². The van der Waals surface area contributed by atoms with Crippen LogP contribution in [0.3, 0.4) is 0 Å². The number of sulfone groups is 1. The van der Waals surface area contributed by atoms with Crippen LogP contribution in [-0.4, -0.2) is 65.0 Å². The first kappa shape index (κ1) is 23.4. The molecule has 0 bridgehead atoms. The van der Waals surface area contributed by atoms with Gasteiger partial charge in [0.25, 0.3) is 5.91 Å². The minimum Gasteiger partial charge on any atom is -0.497 e. The number of carbonyl (C=O) groups is 2. The highest BCUT2D eigenvalue weighted by Gasteiger charge is 2.26. The van der Waals surface area contributed by atoms with Gasteiger partial charge in [-0.25, -0.2) is 13.2 Å². The molecule has 32 heavy (non-hydrogen) atoms. The van der Waals surface area contributed by atoms with Crippen molar-refractivity contribution in [2.24, 2.45) is 0 Å². The second kappa shape index (κ2) is 9.47. The highest BCUT2D eigenvalue weighted by Crippen LogP contribution is 2.30. The van der Waals surface area contributed by atoms with Crippen LogP contribution in [0.2, 0.25) is 0 Å². The number of rotatable bonds is 7. The Kier molecular flexibility index (Phi) is 6.93. The molecule has 0 atom stereocenters. The lowest BCUT2D eigenvalue weighted by molar-refractivity contribution is 0.0696. The number of benzene rings is 2. The normalized spacial score (nSPS) is 14.7. The SMILES string of the molecule is COc1ccc(C(=O)NC2CCN(c3ccc(C(=O)O)cc3S(C)(=O)=O)CC2)c(OC)c1. The number of nitrogens with zero attached hydrogens (tertiary/aromatic N) is 1. The number of carboxylic acid groups (broad SMARTS) is 1. The van der Waals surface area contributed by atoms with E-state index in [-0.39, 0.29) is 22.4 Å². The molecule has 0 spiro atoms. The van der Waals surface area contributed by atoms with Gasteiger partial charge in [0.05, 0.1) is 35.9 Å². The molecule has 1 aliphatic heterocycles. The van der Waals surface area contributed by atoms with Crippen molar-refractivity contribution in [1.82, 2.24) is 5.32 Å².